The number of carbonyl (C=O) groups is 4. The normalized spacial score (nSPS) is 21.2. The summed E-state index contributed by atoms with van der Waals surface area (Å²) in [5, 5.41) is 5.89. The lowest BCUT2D eigenvalue weighted by molar-refractivity contribution is -0.136. The number of aromatic nitrogens is 4. The van der Waals surface area contributed by atoms with Crippen LogP contribution in [0.5, 0.6) is 11.5 Å². The Balaban J connectivity index is 0.945. The number of ether oxygens (including phenoxy) is 4. The lowest BCUT2D eigenvalue weighted by atomic mass is 9.87. The Hall–Kier alpha value is -5.77. The van der Waals surface area contributed by atoms with E-state index in [9.17, 15) is 19.2 Å². The minimum absolute atomic E-state index is 0.0362. The van der Waals surface area contributed by atoms with Crippen LogP contribution in [0.4, 0.5) is 9.59 Å². The van der Waals surface area contributed by atoms with Crippen LogP contribution in [0, 0.1) is 22.7 Å². The summed E-state index contributed by atoms with van der Waals surface area (Å²) in [7, 11) is 2.59. The van der Waals surface area contributed by atoms with Gasteiger partial charge in [-0.15, -0.1) is 0 Å². The van der Waals surface area contributed by atoms with E-state index in [1.807, 2.05) is 43.6 Å². The highest BCUT2D eigenvalue weighted by Gasteiger charge is 2.57. The number of halogens is 1. The fourth-order valence-electron chi connectivity index (χ4n) is 10.8. The molecule has 6 aliphatic rings. The molecule has 4 aliphatic heterocycles. The van der Waals surface area contributed by atoms with Gasteiger partial charge in [-0.05, 0) is 91.4 Å². The van der Waals surface area contributed by atoms with E-state index in [-0.39, 0.29) is 52.5 Å². The second-order valence-electron chi connectivity index (χ2n) is 20.5. The number of rotatable bonds is 11. The number of aromatic amines is 2. The number of amides is 4. The first-order chi connectivity index (χ1) is 31.5. The number of likely N-dealkylation sites (tertiary alicyclic amines) is 2. The third-order valence-electron chi connectivity index (χ3n) is 14.8. The molecule has 4 fully saturated rings. The molecule has 16 nitrogen and oxygen atoms in total. The lowest BCUT2D eigenvalue weighted by Crippen LogP contribution is -2.51. The van der Waals surface area contributed by atoms with E-state index in [4.69, 9.17) is 40.5 Å². The molecule has 350 valence electrons. The quantitative estimate of drug-likeness (QED) is 0.113. The van der Waals surface area contributed by atoms with Crippen molar-refractivity contribution in [2.24, 2.45) is 22.7 Å². The molecule has 10 rings (SSSR count). The van der Waals surface area contributed by atoms with Crippen molar-refractivity contribution in [2.45, 2.75) is 123 Å². The van der Waals surface area contributed by atoms with Crippen molar-refractivity contribution in [1.29, 1.82) is 0 Å². The van der Waals surface area contributed by atoms with Gasteiger partial charge in [0, 0.05) is 52.2 Å². The molecule has 4 aromatic rings. The highest BCUT2D eigenvalue weighted by Crippen LogP contribution is 2.60. The summed E-state index contributed by atoms with van der Waals surface area (Å²) < 4.78 is 22.9. The average Bonchev–Trinajstić information content (AvgIpc) is 3.95. The van der Waals surface area contributed by atoms with Crippen LogP contribution in [-0.2, 0) is 32.3 Å². The van der Waals surface area contributed by atoms with Crippen LogP contribution in [0.2, 0.25) is 5.15 Å². The van der Waals surface area contributed by atoms with E-state index in [2.05, 4.69) is 52.6 Å². The molecule has 2 aromatic heterocycles. The summed E-state index contributed by atoms with van der Waals surface area (Å²) in [6.45, 7) is 13.7. The molecule has 4 N–H and O–H groups in total. The molecule has 2 saturated carbocycles. The van der Waals surface area contributed by atoms with E-state index in [0.717, 1.165) is 94.9 Å². The minimum atomic E-state index is -0.751. The summed E-state index contributed by atoms with van der Waals surface area (Å²) >= 11 is 6.97. The smallest absolute Gasteiger partial charge is 0.407 e. The van der Waals surface area contributed by atoms with E-state index in [0.29, 0.717) is 48.7 Å². The largest absolute Gasteiger partial charge is 0.488 e. The number of hydrogen-bond donors (Lipinski definition) is 4. The fraction of sp³-hybridized carbons (Fsp3) is 0.551. The van der Waals surface area contributed by atoms with Gasteiger partial charge in [-0.25, -0.2) is 19.6 Å². The lowest BCUT2D eigenvalue weighted by Gasteiger charge is -2.30. The maximum absolute atomic E-state index is 14.2. The zero-order valence-corrected chi connectivity index (χ0v) is 39.6. The van der Waals surface area contributed by atoms with Gasteiger partial charge in [0.15, 0.2) is 0 Å². The maximum atomic E-state index is 14.2. The number of H-pyrrole nitrogens is 2. The number of nitrogens with one attached hydrogen (secondary N) is 4. The van der Waals surface area contributed by atoms with E-state index < -0.39 is 24.3 Å². The molecule has 4 amide bonds. The molecule has 0 bridgehead atoms. The van der Waals surface area contributed by atoms with Gasteiger partial charge in [-0.2, -0.15) is 0 Å². The Labute approximate surface area is 389 Å². The average molecular weight is 924 g/mol. The Morgan fingerprint density at radius 2 is 1.14 bits per heavy atom. The Bertz CT molecular complexity index is 2600. The van der Waals surface area contributed by atoms with Gasteiger partial charge < -0.3 is 49.3 Å². The van der Waals surface area contributed by atoms with Crippen LogP contribution in [-0.4, -0.2) is 93.1 Å². The highest BCUT2D eigenvalue weighted by atomic mass is 35.5. The van der Waals surface area contributed by atoms with Gasteiger partial charge in [0.1, 0.15) is 59.3 Å². The number of methoxy groups -OCH3 is 2. The number of carbonyl (C=O) groups excluding carboxylic acids is 4. The highest BCUT2D eigenvalue weighted by molar-refractivity contribution is 6.32. The molecule has 2 aromatic carbocycles. The van der Waals surface area contributed by atoms with Crippen LogP contribution in [0.25, 0.3) is 33.6 Å². The first kappa shape index (κ1) is 44.1. The van der Waals surface area contributed by atoms with Crippen molar-refractivity contribution < 1.29 is 38.1 Å². The summed E-state index contributed by atoms with van der Waals surface area (Å²) in [4.78, 5) is 74.0. The predicted octanol–water partition coefficient (Wildman–Crippen LogP) is 8.56. The number of hydrogen-bond acceptors (Lipinski definition) is 10. The van der Waals surface area contributed by atoms with Crippen molar-refractivity contribution in [1.82, 2.24) is 40.4 Å². The summed E-state index contributed by atoms with van der Waals surface area (Å²) in [6.07, 6.45) is 4.46. The topological polar surface area (TPSA) is 193 Å². The summed E-state index contributed by atoms with van der Waals surface area (Å²) in [5.74, 6) is 2.31. The van der Waals surface area contributed by atoms with E-state index in [1.54, 1.807) is 0 Å². The fourth-order valence-corrected chi connectivity index (χ4v) is 11.0. The zero-order chi connectivity index (χ0) is 46.6. The Morgan fingerprint density at radius 1 is 0.697 bits per heavy atom. The van der Waals surface area contributed by atoms with Gasteiger partial charge in [-0.1, -0.05) is 53.1 Å². The predicted molar refractivity (Wildman–Crippen MR) is 245 cm³/mol. The van der Waals surface area contributed by atoms with Gasteiger partial charge in [-0.3, -0.25) is 9.59 Å². The minimum Gasteiger partial charge on any atom is -0.488 e. The third-order valence-corrected chi connectivity index (χ3v) is 15.1. The van der Waals surface area contributed by atoms with Gasteiger partial charge in [0.05, 0.1) is 32.0 Å². The van der Waals surface area contributed by atoms with Crippen LogP contribution in [0.1, 0.15) is 127 Å². The summed E-state index contributed by atoms with van der Waals surface area (Å²) in [6, 6.07) is 6.15. The van der Waals surface area contributed by atoms with Gasteiger partial charge in [0.2, 0.25) is 11.8 Å². The zero-order valence-electron chi connectivity index (χ0n) is 38.9. The number of nitrogens with zero attached hydrogens (tertiary/aromatic N) is 4. The molecule has 6 heterocycles. The van der Waals surface area contributed by atoms with Crippen molar-refractivity contribution in [3.05, 3.63) is 57.9 Å². The van der Waals surface area contributed by atoms with E-state index >= 15 is 0 Å². The second-order valence-corrected chi connectivity index (χ2v) is 20.9. The molecule has 66 heavy (non-hydrogen) atoms. The molecule has 4 atom stereocenters. The monoisotopic (exact) mass is 922 g/mol. The number of benzene rings is 2. The number of imidazole rings is 2. The Morgan fingerprint density at radius 3 is 1.56 bits per heavy atom. The molecular weight excluding hydrogens is 864 g/mol. The van der Waals surface area contributed by atoms with Crippen LogP contribution in [0.15, 0.2) is 24.3 Å². The van der Waals surface area contributed by atoms with Crippen molar-refractivity contribution in [2.75, 3.05) is 27.3 Å². The van der Waals surface area contributed by atoms with Crippen LogP contribution in [0.3, 0.4) is 0 Å². The SMILES string of the molecule is COC(=O)N[C@@H](C(=O)N1CC2(CC2)C[C@H]1c1nc(-c2cc3c4c(c2)OCc2cc(-c5nc([C@@H]6CC7(CC7)CN6C(=O)[C@H](NC(=O)OC)C(C)C)[nH]c5C(C)C)cc(c2-4)OC3)c(Cl)[nH]1)C(C)C. The number of alkyl carbamates (subject to hydrolysis) is 2. The van der Waals surface area contributed by atoms with Crippen LogP contribution < -0.4 is 20.1 Å². The molecule has 2 saturated heterocycles. The van der Waals surface area contributed by atoms with Crippen molar-refractivity contribution >= 4 is 35.6 Å². The molecular formula is C49H59ClN8O8. The maximum Gasteiger partial charge on any atom is 0.407 e. The molecule has 2 aliphatic carbocycles. The van der Waals surface area contributed by atoms with Crippen molar-refractivity contribution in [3.63, 3.8) is 0 Å². The second kappa shape index (κ2) is 16.2. The van der Waals surface area contributed by atoms with E-state index in [1.165, 1.54) is 14.2 Å². The van der Waals surface area contributed by atoms with Crippen molar-refractivity contribution in [3.8, 4) is 45.1 Å². The third kappa shape index (κ3) is 7.62. The standard InChI is InChI=1S/C49H59ClN8O8/c1-23(2)36-39(52-42(51-36)30-17-48(9-10-48)21-57(30)44(59)37(24(3)4)54-46(61)63-7)26-13-28-19-66-33-16-27(14-29-20-65-32(15-26)34(28)35(29)33)40-41(50)56-43(53-40)31-18-49(11-12-49)22-58(31)45(60)38(25(5)6)55-47(62)64-8/h13-16,23-25,30-31,37-38H,9-12,17-22H2,1-8H3,(H,51,52)(H,53,56)(H,54,61)(H,55,62)/t30-,31-,37+,38+/m0/s1. The molecule has 0 radical (unpaired) electrons. The molecule has 2 spiro atoms. The van der Waals surface area contributed by atoms with Gasteiger partial charge in [0.25, 0.3) is 0 Å². The summed E-state index contributed by atoms with van der Waals surface area (Å²) in [5.41, 5.74) is 7.99. The first-order valence-corrected chi connectivity index (χ1v) is 23.6. The van der Waals surface area contributed by atoms with Crippen LogP contribution >= 0.6 is 11.6 Å². The van der Waals surface area contributed by atoms with Gasteiger partial charge >= 0.3 is 12.2 Å². The molecule has 0 unspecified atom stereocenters. The Kier molecular flexibility index (Phi) is 10.8. The first-order valence-electron chi connectivity index (χ1n) is 23.3. The molecule has 17 heteroatoms.